The number of hydrogen-bond donors (Lipinski definition) is 2. The summed E-state index contributed by atoms with van der Waals surface area (Å²) in [6.07, 6.45) is -4.39. The maximum atomic E-state index is 12.8. The Bertz CT molecular complexity index is 613. The number of rotatable bonds is 3. The molecule has 0 amide bonds. The van der Waals surface area contributed by atoms with Gasteiger partial charge in [0.05, 0.1) is 11.6 Å². The zero-order valence-electron chi connectivity index (χ0n) is 9.84. The highest BCUT2D eigenvalue weighted by Gasteiger charge is 2.32. The van der Waals surface area contributed by atoms with Gasteiger partial charge >= 0.3 is 6.18 Å². The number of hydrogen-bond acceptors (Lipinski definition) is 3. The number of alkyl halides is 3. The van der Waals surface area contributed by atoms with E-state index in [1.807, 2.05) is 10.8 Å². The molecule has 20 heavy (non-hydrogen) atoms. The molecule has 2 rings (SSSR count). The zero-order chi connectivity index (χ0) is 14.9. The van der Waals surface area contributed by atoms with Crippen LogP contribution in [0.15, 0.2) is 37.9 Å². The predicted molar refractivity (Wildman–Crippen MR) is 80.3 cm³/mol. The van der Waals surface area contributed by atoms with Crippen LogP contribution >= 0.6 is 43.2 Å². The summed E-state index contributed by atoms with van der Waals surface area (Å²) in [4.78, 5) is 0. The van der Waals surface area contributed by atoms with Gasteiger partial charge in [-0.2, -0.15) is 24.5 Å². The maximum Gasteiger partial charge on any atom is 0.416 e. The maximum absolute atomic E-state index is 12.8. The summed E-state index contributed by atoms with van der Waals surface area (Å²) in [6, 6.07) is 2.97. The summed E-state index contributed by atoms with van der Waals surface area (Å²) in [7, 11) is 0. The fraction of sp³-hybridized carbons (Fsp3) is 0.167. The number of hydrazine groups is 1. The third-order valence-corrected chi connectivity index (χ3v) is 5.23. The minimum atomic E-state index is -4.39. The molecule has 108 valence electrons. The van der Waals surface area contributed by atoms with Crippen LogP contribution in [0.4, 0.5) is 13.2 Å². The highest BCUT2D eigenvalue weighted by molar-refractivity contribution is 9.10. The summed E-state index contributed by atoms with van der Waals surface area (Å²) >= 11 is 8.08. The van der Waals surface area contributed by atoms with Gasteiger partial charge in [-0.3, -0.25) is 5.84 Å². The topological polar surface area (TPSA) is 38.0 Å². The third-order valence-electron chi connectivity index (χ3n) is 2.75. The van der Waals surface area contributed by atoms with Gasteiger partial charge in [-0.15, -0.1) is 0 Å². The van der Waals surface area contributed by atoms with Crippen molar-refractivity contribution in [2.75, 3.05) is 0 Å². The Labute approximate surface area is 134 Å². The lowest BCUT2D eigenvalue weighted by molar-refractivity contribution is -0.137. The van der Waals surface area contributed by atoms with Gasteiger partial charge in [-0.1, -0.05) is 15.9 Å². The first-order chi connectivity index (χ1) is 9.34. The van der Waals surface area contributed by atoms with Gasteiger partial charge < -0.3 is 0 Å². The molecule has 1 heterocycles. The van der Waals surface area contributed by atoms with Crippen molar-refractivity contribution in [3.8, 4) is 0 Å². The van der Waals surface area contributed by atoms with Crippen molar-refractivity contribution in [3.05, 3.63) is 54.6 Å². The standard InChI is InChI=1S/C12H9Br2F3N2S/c13-9-2-1-6(12(15,16)17)3-7(9)11(19-18)8-4-20-5-10(8)14/h1-5,11,19H,18H2. The molecule has 0 saturated heterocycles. The highest BCUT2D eigenvalue weighted by Crippen LogP contribution is 2.38. The average Bonchev–Trinajstić information content (AvgIpc) is 2.78. The van der Waals surface area contributed by atoms with Gasteiger partial charge in [-0.05, 0) is 50.6 Å². The van der Waals surface area contributed by atoms with E-state index >= 15 is 0 Å². The van der Waals surface area contributed by atoms with Crippen LogP contribution in [0.3, 0.4) is 0 Å². The monoisotopic (exact) mass is 428 g/mol. The molecular weight excluding hydrogens is 421 g/mol. The SMILES string of the molecule is NNC(c1cscc1Br)c1cc(C(F)(F)F)ccc1Br. The summed E-state index contributed by atoms with van der Waals surface area (Å²) in [5, 5.41) is 3.68. The van der Waals surface area contributed by atoms with Crippen LogP contribution in [0.25, 0.3) is 0 Å². The smallest absolute Gasteiger partial charge is 0.271 e. The third kappa shape index (κ3) is 3.25. The Morgan fingerprint density at radius 1 is 1.10 bits per heavy atom. The van der Waals surface area contributed by atoms with Gasteiger partial charge in [0, 0.05) is 14.3 Å². The van der Waals surface area contributed by atoms with E-state index in [0.29, 0.717) is 10.0 Å². The van der Waals surface area contributed by atoms with E-state index in [2.05, 4.69) is 37.3 Å². The zero-order valence-corrected chi connectivity index (χ0v) is 13.8. The molecule has 1 aromatic heterocycles. The molecular formula is C12H9Br2F3N2S. The van der Waals surface area contributed by atoms with Crippen molar-refractivity contribution in [2.45, 2.75) is 12.2 Å². The summed E-state index contributed by atoms with van der Waals surface area (Å²) in [5.74, 6) is 5.52. The fourth-order valence-electron chi connectivity index (χ4n) is 1.79. The lowest BCUT2D eigenvalue weighted by atomic mass is 9.99. The summed E-state index contributed by atoms with van der Waals surface area (Å²) in [5.41, 5.74) is 3.08. The lowest BCUT2D eigenvalue weighted by Gasteiger charge is -2.19. The van der Waals surface area contributed by atoms with Crippen molar-refractivity contribution >= 4 is 43.2 Å². The molecule has 8 heteroatoms. The van der Waals surface area contributed by atoms with E-state index in [0.717, 1.165) is 22.2 Å². The van der Waals surface area contributed by atoms with Crippen LogP contribution < -0.4 is 11.3 Å². The van der Waals surface area contributed by atoms with Crippen LogP contribution in [0.2, 0.25) is 0 Å². The van der Waals surface area contributed by atoms with E-state index in [1.165, 1.54) is 17.4 Å². The first kappa shape index (κ1) is 16.0. The van der Waals surface area contributed by atoms with Crippen LogP contribution in [-0.2, 0) is 6.18 Å². The molecule has 1 aromatic carbocycles. The van der Waals surface area contributed by atoms with Crippen molar-refractivity contribution in [1.29, 1.82) is 0 Å². The Hall–Kier alpha value is -0.410. The second-order valence-electron chi connectivity index (χ2n) is 4.01. The van der Waals surface area contributed by atoms with Crippen molar-refractivity contribution < 1.29 is 13.2 Å². The summed E-state index contributed by atoms with van der Waals surface area (Å²) in [6.45, 7) is 0. The number of thiophene rings is 1. The molecule has 2 nitrogen and oxygen atoms in total. The minimum absolute atomic E-state index is 0.432. The predicted octanol–water partition coefficient (Wildman–Crippen LogP) is 4.84. The van der Waals surface area contributed by atoms with Gasteiger partial charge in [-0.25, -0.2) is 5.43 Å². The van der Waals surface area contributed by atoms with Crippen LogP contribution in [0, 0.1) is 0 Å². The van der Waals surface area contributed by atoms with Gasteiger partial charge in [0.25, 0.3) is 0 Å². The molecule has 3 N–H and O–H groups in total. The molecule has 0 fully saturated rings. The molecule has 0 aliphatic carbocycles. The van der Waals surface area contributed by atoms with E-state index in [1.54, 1.807) is 0 Å². The van der Waals surface area contributed by atoms with Gasteiger partial charge in [0.1, 0.15) is 0 Å². The largest absolute Gasteiger partial charge is 0.416 e. The number of nitrogens with one attached hydrogen (secondary N) is 1. The molecule has 0 aliphatic rings. The van der Waals surface area contributed by atoms with Crippen LogP contribution in [0.1, 0.15) is 22.7 Å². The number of halogens is 5. The molecule has 1 atom stereocenters. The van der Waals surface area contributed by atoms with E-state index in [9.17, 15) is 13.2 Å². The first-order valence-electron chi connectivity index (χ1n) is 5.39. The summed E-state index contributed by atoms with van der Waals surface area (Å²) < 4.78 is 39.8. The molecule has 2 aromatic rings. The normalized spacial score (nSPS) is 13.5. The molecule has 0 bridgehead atoms. The highest BCUT2D eigenvalue weighted by atomic mass is 79.9. The number of benzene rings is 1. The van der Waals surface area contributed by atoms with Crippen molar-refractivity contribution in [3.63, 3.8) is 0 Å². The Kier molecular flexibility index (Phi) is 4.91. The van der Waals surface area contributed by atoms with E-state index in [4.69, 9.17) is 5.84 Å². The average molecular weight is 430 g/mol. The quantitative estimate of drug-likeness (QED) is 0.540. The van der Waals surface area contributed by atoms with Gasteiger partial charge in [0.15, 0.2) is 0 Å². The second-order valence-corrected chi connectivity index (χ2v) is 6.46. The number of nitrogens with two attached hydrogens (primary N) is 1. The van der Waals surface area contributed by atoms with Gasteiger partial charge in [0.2, 0.25) is 0 Å². The first-order valence-corrected chi connectivity index (χ1v) is 7.92. The van der Waals surface area contributed by atoms with Crippen LogP contribution in [0.5, 0.6) is 0 Å². The molecule has 1 unspecified atom stereocenters. The Morgan fingerprint density at radius 3 is 2.30 bits per heavy atom. The molecule has 0 saturated carbocycles. The molecule has 0 radical (unpaired) electrons. The molecule has 0 aliphatic heterocycles. The van der Waals surface area contributed by atoms with E-state index < -0.39 is 17.8 Å². The van der Waals surface area contributed by atoms with Crippen molar-refractivity contribution in [1.82, 2.24) is 5.43 Å². The van der Waals surface area contributed by atoms with E-state index in [-0.39, 0.29) is 0 Å². The Balaban J connectivity index is 2.52. The van der Waals surface area contributed by atoms with Crippen LogP contribution in [-0.4, -0.2) is 0 Å². The lowest BCUT2D eigenvalue weighted by Crippen LogP contribution is -2.29. The minimum Gasteiger partial charge on any atom is -0.271 e. The van der Waals surface area contributed by atoms with Crippen molar-refractivity contribution in [2.24, 2.45) is 5.84 Å². The molecule has 0 spiro atoms. The fourth-order valence-corrected chi connectivity index (χ4v) is 3.81. The second kappa shape index (κ2) is 6.15. The Morgan fingerprint density at radius 2 is 1.80 bits per heavy atom.